The zero-order valence-electron chi connectivity index (χ0n) is 20.7. The lowest BCUT2D eigenvalue weighted by Crippen LogP contribution is -2.60. The first-order valence-electron chi connectivity index (χ1n) is 12.7. The van der Waals surface area contributed by atoms with Gasteiger partial charge in [0.1, 0.15) is 11.8 Å². The second kappa shape index (κ2) is 10.4. The van der Waals surface area contributed by atoms with Crippen molar-refractivity contribution in [2.75, 3.05) is 46.0 Å². The van der Waals surface area contributed by atoms with Crippen molar-refractivity contribution in [3.63, 3.8) is 0 Å². The Kier molecular flexibility index (Phi) is 7.07. The number of likely N-dealkylation sites (tertiary alicyclic amines) is 1. The Hall–Kier alpha value is -3.23. The molecule has 0 bridgehead atoms. The number of ether oxygens (including phenoxy) is 2. The maximum atomic E-state index is 13.9. The monoisotopic (exact) mass is 491 g/mol. The highest BCUT2D eigenvalue weighted by Gasteiger charge is 2.54. The van der Waals surface area contributed by atoms with E-state index < -0.39 is 11.8 Å². The number of nitrogens with zero attached hydrogens (tertiary/aromatic N) is 3. The Labute approximate surface area is 211 Å². The molecule has 3 heterocycles. The number of carbonyl (C=O) groups is 3. The van der Waals surface area contributed by atoms with Crippen LogP contribution in [-0.2, 0) is 25.5 Å². The highest BCUT2D eigenvalue weighted by Crippen LogP contribution is 2.39. The van der Waals surface area contributed by atoms with Crippen molar-refractivity contribution in [2.24, 2.45) is 0 Å². The number of carbonyl (C=O) groups excluding carboxylic acids is 3. The van der Waals surface area contributed by atoms with Crippen molar-refractivity contribution in [1.82, 2.24) is 14.7 Å². The van der Waals surface area contributed by atoms with Crippen LogP contribution in [0.1, 0.15) is 34.3 Å². The van der Waals surface area contributed by atoms with Gasteiger partial charge in [0.15, 0.2) is 0 Å². The summed E-state index contributed by atoms with van der Waals surface area (Å²) in [4.78, 5) is 45.7. The third-order valence-electron chi connectivity index (χ3n) is 7.45. The van der Waals surface area contributed by atoms with Gasteiger partial charge in [-0.2, -0.15) is 0 Å². The molecule has 1 atom stereocenters. The van der Waals surface area contributed by atoms with Gasteiger partial charge in [0.2, 0.25) is 11.8 Å². The zero-order chi connectivity index (χ0) is 25.1. The van der Waals surface area contributed by atoms with Crippen LogP contribution in [0.15, 0.2) is 54.6 Å². The molecule has 0 radical (unpaired) electrons. The van der Waals surface area contributed by atoms with Gasteiger partial charge in [-0.15, -0.1) is 0 Å². The van der Waals surface area contributed by atoms with Crippen LogP contribution in [-0.4, -0.2) is 90.2 Å². The van der Waals surface area contributed by atoms with Gasteiger partial charge in [0, 0.05) is 44.6 Å². The molecule has 2 aromatic carbocycles. The van der Waals surface area contributed by atoms with Crippen molar-refractivity contribution in [3.8, 4) is 0 Å². The molecule has 3 aliphatic rings. The quantitative estimate of drug-likeness (QED) is 0.656. The molecular weight excluding hydrogens is 458 g/mol. The number of piperidine rings is 1. The summed E-state index contributed by atoms with van der Waals surface area (Å²) in [6.45, 7) is 5.06. The summed E-state index contributed by atoms with van der Waals surface area (Å²) >= 11 is 0. The summed E-state index contributed by atoms with van der Waals surface area (Å²) in [7, 11) is 0. The lowest BCUT2D eigenvalue weighted by atomic mass is 9.95. The molecule has 0 aliphatic carbocycles. The van der Waals surface area contributed by atoms with Crippen molar-refractivity contribution >= 4 is 17.7 Å². The zero-order valence-corrected chi connectivity index (χ0v) is 20.7. The molecule has 2 aromatic rings. The van der Waals surface area contributed by atoms with Crippen LogP contribution in [0, 0.1) is 6.92 Å². The van der Waals surface area contributed by atoms with Gasteiger partial charge >= 0.3 is 0 Å². The fourth-order valence-electron chi connectivity index (χ4n) is 5.46. The third kappa shape index (κ3) is 4.88. The van der Waals surface area contributed by atoms with Crippen molar-refractivity contribution < 1.29 is 23.9 Å². The average molecular weight is 492 g/mol. The molecule has 0 saturated carbocycles. The number of amides is 3. The summed E-state index contributed by atoms with van der Waals surface area (Å²) in [5.74, 6) is -0.239. The minimum absolute atomic E-state index is 0.0616. The van der Waals surface area contributed by atoms with E-state index in [1.807, 2.05) is 60.4 Å². The summed E-state index contributed by atoms with van der Waals surface area (Å²) in [5.41, 5.74) is 1.60. The van der Waals surface area contributed by atoms with E-state index in [4.69, 9.17) is 9.47 Å². The summed E-state index contributed by atoms with van der Waals surface area (Å²) in [6.07, 6.45) is 1.29. The maximum Gasteiger partial charge on any atom is 0.256 e. The smallest absolute Gasteiger partial charge is 0.256 e. The molecule has 5 rings (SSSR count). The molecule has 8 nitrogen and oxygen atoms in total. The van der Waals surface area contributed by atoms with Gasteiger partial charge in [-0.1, -0.05) is 48.0 Å². The van der Waals surface area contributed by atoms with Gasteiger partial charge < -0.3 is 19.3 Å². The molecule has 0 N–H and O–H groups in total. The SMILES string of the molecule is Cc1cccc(C(=O)N2C(C(=O)N3CCOCC3)COC23CCN(C(=O)Cc2ccccc2)CC3)c1. The Morgan fingerprint density at radius 1 is 0.917 bits per heavy atom. The Balaban J connectivity index is 1.36. The molecule has 36 heavy (non-hydrogen) atoms. The van der Waals surface area contributed by atoms with Crippen molar-refractivity contribution in [2.45, 2.75) is 38.0 Å². The van der Waals surface area contributed by atoms with E-state index in [2.05, 4.69) is 0 Å². The number of hydrogen-bond acceptors (Lipinski definition) is 5. The fraction of sp³-hybridized carbons (Fsp3) is 0.464. The van der Waals surface area contributed by atoms with Gasteiger partial charge in [-0.25, -0.2) is 0 Å². The lowest BCUT2D eigenvalue weighted by molar-refractivity contribution is -0.146. The molecule has 1 unspecified atom stereocenters. The number of morpholine rings is 1. The summed E-state index contributed by atoms with van der Waals surface area (Å²) < 4.78 is 11.7. The molecule has 3 aliphatic heterocycles. The topological polar surface area (TPSA) is 79.4 Å². The summed E-state index contributed by atoms with van der Waals surface area (Å²) in [5, 5.41) is 0. The third-order valence-corrected chi connectivity index (χ3v) is 7.45. The van der Waals surface area contributed by atoms with Crippen LogP contribution < -0.4 is 0 Å². The highest BCUT2D eigenvalue weighted by atomic mass is 16.5. The predicted molar refractivity (Wildman–Crippen MR) is 133 cm³/mol. The molecule has 3 saturated heterocycles. The van der Waals surface area contributed by atoms with E-state index in [0.717, 1.165) is 11.1 Å². The van der Waals surface area contributed by atoms with E-state index in [-0.39, 0.29) is 24.3 Å². The van der Waals surface area contributed by atoms with E-state index in [0.29, 0.717) is 64.2 Å². The molecule has 8 heteroatoms. The van der Waals surface area contributed by atoms with Crippen LogP contribution in [0.2, 0.25) is 0 Å². The minimum atomic E-state index is -0.906. The van der Waals surface area contributed by atoms with Crippen molar-refractivity contribution in [1.29, 1.82) is 0 Å². The van der Waals surface area contributed by atoms with Crippen molar-refractivity contribution in [3.05, 3.63) is 71.3 Å². The Morgan fingerprint density at radius 3 is 2.33 bits per heavy atom. The molecule has 3 fully saturated rings. The molecule has 3 amide bonds. The maximum absolute atomic E-state index is 13.9. The van der Waals surface area contributed by atoms with Crippen LogP contribution in [0.5, 0.6) is 0 Å². The number of rotatable bonds is 4. The molecule has 1 spiro atoms. The van der Waals surface area contributed by atoms with E-state index in [1.54, 1.807) is 15.9 Å². The predicted octanol–water partition coefficient (Wildman–Crippen LogP) is 2.26. The van der Waals surface area contributed by atoms with Crippen LogP contribution >= 0.6 is 0 Å². The second-order valence-electron chi connectivity index (χ2n) is 9.80. The molecule has 0 aromatic heterocycles. The molecule has 190 valence electrons. The number of hydrogen-bond donors (Lipinski definition) is 0. The normalized spacial score (nSPS) is 21.6. The number of aryl methyl sites for hydroxylation is 1. The van der Waals surface area contributed by atoms with Crippen LogP contribution in [0.25, 0.3) is 0 Å². The van der Waals surface area contributed by atoms with Gasteiger partial charge in [-0.05, 0) is 24.6 Å². The first kappa shape index (κ1) is 24.5. The highest BCUT2D eigenvalue weighted by molar-refractivity contribution is 5.98. The van der Waals surface area contributed by atoms with E-state index in [1.165, 1.54) is 0 Å². The van der Waals surface area contributed by atoms with Gasteiger partial charge in [0.25, 0.3) is 5.91 Å². The van der Waals surface area contributed by atoms with Gasteiger partial charge in [-0.3, -0.25) is 19.3 Å². The standard InChI is InChI=1S/C28H33N3O5/c1-21-6-5-9-23(18-21)26(33)31-24(27(34)30-14-16-35-17-15-30)20-36-28(31)10-12-29(13-11-28)25(32)19-22-7-3-2-4-8-22/h2-9,18,24H,10-17,19-20H2,1H3. The molecular formula is C28H33N3O5. The summed E-state index contributed by atoms with van der Waals surface area (Å²) in [6, 6.07) is 16.4. The second-order valence-corrected chi connectivity index (χ2v) is 9.80. The largest absolute Gasteiger partial charge is 0.378 e. The number of benzene rings is 2. The van der Waals surface area contributed by atoms with Crippen LogP contribution in [0.4, 0.5) is 0 Å². The average Bonchev–Trinajstić information content (AvgIpc) is 3.27. The first-order chi connectivity index (χ1) is 17.5. The minimum Gasteiger partial charge on any atom is -0.378 e. The fourth-order valence-corrected chi connectivity index (χ4v) is 5.46. The van der Waals surface area contributed by atoms with Gasteiger partial charge in [0.05, 0.1) is 26.2 Å². The lowest BCUT2D eigenvalue weighted by Gasteiger charge is -2.45. The first-order valence-corrected chi connectivity index (χ1v) is 12.7. The van der Waals surface area contributed by atoms with E-state index >= 15 is 0 Å². The van der Waals surface area contributed by atoms with E-state index in [9.17, 15) is 14.4 Å². The Morgan fingerprint density at radius 2 is 1.64 bits per heavy atom. The van der Waals surface area contributed by atoms with Crippen LogP contribution in [0.3, 0.4) is 0 Å². The Bertz CT molecular complexity index is 1110.